The molecule has 0 fully saturated rings. The number of nitrogen functional groups attached to an aromatic ring is 1. The molecule has 2 N–H and O–H groups in total. The van der Waals surface area contributed by atoms with E-state index in [1.807, 2.05) is 0 Å². The van der Waals surface area contributed by atoms with Crippen LogP contribution in [-0.2, 0) is 0 Å². The highest BCUT2D eigenvalue weighted by atomic mass is 19.1. The van der Waals surface area contributed by atoms with Crippen molar-refractivity contribution in [2.75, 3.05) is 5.73 Å². The van der Waals surface area contributed by atoms with Crippen LogP contribution in [0.3, 0.4) is 0 Å². The van der Waals surface area contributed by atoms with Crippen LogP contribution in [-0.4, -0.2) is 4.98 Å². The van der Waals surface area contributed by atoms with Crippen molar-refractivity contribution in [1.29, 1.82) is 5.26 Å². The van der Waals surface area contributed by atoms with E-state index in [0.717, 1.165) is 12.3 Å². The van der Waals surface area contributed by atoms with Crippen molar-refractivity contribution in [2.24, 2.45) is 0 Å². The number of nitriles is 1. The summed E-state index contributed by atoms with van der Waals surface area (Å²) >= 11 is 0. The molecule has 0 saturated heterocycles. The van der Waals surface area contributed by atoms with Crippen molar-refractivity contribution in [2.45, 2.75) is 0 Å². The van der Waals surface area contributed by atoms with Crippen molar-refractivity contribution in [1.82, 2.24) is 4.98 Å². The molecule has 0 bridgehead atoms. The van der Waals surface area contributed by atoms with Gasteiger partial charge >= 0.3 is 0 Å². The minimum atomic E-state index is -0.531. The van der Waals surface area contributed by atoms with E-state index in [1.165, 1.54) is 0 Å². The Morgan fingerprint density at radius 3 is 2.90 bits per heavy atom. The SMILES string of the molecule is N#Cc1ncc(F)cc1N. The lowest BCUT2D eigenvalue weighted by molar-refractivity contribution is 0.622. The summed E-state index contributed by atoms with van der Waals surface area (Å²) in [6.07, 6.45) is 0.953. The van der Waals surface area contributed by atoms with Crippen molar-refractivity contribution in [3.05, 3.63) is 23.8 Å². The van der Waals surface area contributed by atoms with E-state index in [1.54, 1.807) is 6.07 Å². The highest BCUT2D eigenvalue weighted by Gasteiger charge is 1.98. The summed E-state index contributed by atoms with van der Waals surface area (Å²) in [5.74, 6) is -0.531. The maximum atomic E-state index is 12.2. The number of halogens is 1. The predicted octanol–water partition coefficient (Wildman–Crippen LogP) is 0.675. The van der Waals surface area contributed by atoms with Gasteiger partial charge in [0.05, 0.1) is 11.9 Å². The van der Waals surface area contributed by atoms with Crippen molar-refractivity contribution in [3.8, 4) is 6.07 Å². The molecule has 1 rings (SSSR count). The van der Waals surface area contributed by atoms with E-state index in [0.29, 0.717) is 0 Å². The number of aromatic nitrogens is 1. The van der Waals surface area contributed by atoms with Crippen LogP contribution in [0.15, 0.2) is 12.3 Å². The fourth-order valence-electron chi connectivity index (χ4n) is 0.548. The van der Waals surface area contributed by atoms with E-state index in [2.05, 4.69) is 4.98 Å². The average molecular weight is 137 g/mol. The second-order valence-electron chi connectivity index (χ2n) is 1.70. The zero-order valence-electron chi connectivity index (χ0n) is 5.00. The third-order valence-electron chi connectivity index (χ3n) is 0.990. The van der Waals surface area contributed by atoms with Gasteiger partial charge < -0.3 is 5.73 Å². The highest BCUT2D eigenvalue weighted by Crippen LogP contribution is 2.07. The van der Waals surface area contributed by atoms with Crippen LogP contribution in [0.25, 0.3) is 0 Å². The molecule has 1 aromatic heterocycles. The van der Waals surface area contributed by atoms with Gasteiger partial charge in [0, 0.05) is 6.07 Å². The van der Waals surface area contributed by atoms with Crippen molar-refractivity contribution < 1.29 is 4.39 Å². The normalized spacial score (nSPS) is 8.80. The molecular formula is C6H4FN3. The first kappa shape index (κ1) is 6.49. The molecule has 0 radical (unpaired) electrons. The van der Waals surface area contributed by atoms with Crippen LogP contribution in [0.1, 0.15) is 5.69 Å². The Morgan fingerprint density at radius 1 is 1.70 bits per heavy atom. The molecule has 0 aromatic carbocycles. The molecule has 1 heterocycles. The Balaban J connectivity index is 3.23. The Kier molecular flexibility index (Phi) is 1.50. The number of rotatable bonds is 0. The van der Waals surface area contributed by atoms with Crippen molar-refractivity contribution in [3.63, 3.8) is 0 Å². The predicted molar refractivity (Wildman–Crippen MR) is 33.3 cm³/mol. The molecule has 0 atom stereocenters. The fourth-order valence-corrected chi connectivity index (χ4v) is 0.548. The average Bonchev–Trinajstić information content (AvgIpc) is 1.88. The summed E-state index contributed by atoms with van der Waals surface area (Å²) in [6.45, 7) is 0. The van der Waals surface area contributed by atoms with Gasteiger partial charge in [0.2, 0.25) is 0 Å². The zero-order valence-corrected chi connectivity index (χ0v) is 5.00. The third kappa shape index (κ3) is 1.03. The lowest BCUT2D eigenvalue weighted by Gasteiger charge is -1.93. The van der Waals surface area contributed by atoms with E-state index in [4.69, 9.17) is 11.0 Å². The number of nitrogens with zero attached hydrogens (tertiary/aromatic N) is 2. The van der Waals surface area contributed by atoms with Crippen LogP contribution < -0.4 is 5.73 Å². The maximum Gasteiger partial charge on any atom is 0.163 e. The molecule has 1 aromatic rings. The van der Waals surface area contributed by atoms with Crippen LogP contribution >= 0.6 is 0 Å². The van der Waals surface area contributed by atoms with Gasteiger partial charge in [0.25, 0.3) is 0 Å². The minimum Gasteiger partial charge on any atom is -0.396 e. The molecule has 0 aliphatic carbocycles. The summed E-state index contributed by atoms with van der Waals surface area (Å²) in [6, 6.07) is 2.78. The lowest BCUT2D eigenvalue weighted by atomic mass is 10.3. The number of pyridine rings is 1. The van der Waals surface area contributed by atoms with Crippen molar-refractivity contribution >= 4 is 5.69 Å². The molecule has 0 aliphatic rings. The molecule has 50 valence electrons. The largest absolute Gasteiger partial charge is 0.396 e. The first-order valence-electron chi connectivity index (χ1n) is 2.55. The Hall–Kier alpha value is -1.63. The second-order valence-corrected chi connectivity index (χ2v) is 1.70. The molecule has 3 nitrogen and oxygen atoms in total. The molecule has 0 saturated carbocycles. The van der Waals surface area contributed by atoms with Crippen LogP contribution in [0.5, 0.6) is 0 Å². The van der Waals surface area contributed by atoms with Gasteiger partial charge in [-0.15, -0.1) is 0 Å². The summed E-state index contributed by atoms with van der Waals surface area (Å²) in [5.41, 5.74) is 5.34. The minimum absolute atomic E-state index is 0.0569. The number of nitrogens with two attached hydrogens (primary N) is 1. The van der Waals surface area contributed by atoms with Gasteiger partial charge in [0.1, 0.15) is 11.9 Å². The van der Waals surface area contributed by atoms with Crippen LogP contribution in [0.4, 0.5) is 10.1 Å². The molecule has 0 unspecified atom stereocenters. The number of anilines is 1. The molecule has 0 spiro atoms. The van der Waals surface area contributed by atoms with Gasteiger partial charge in [-0.1, -0.05) is 0 Å². The Morgan fingerprint density at radius 2 is 2.40 bits per heavy atom. The zero-order chi connectivity index (χ0) is 7.56. The first-order valence-corrected chi connectivity index (χ1v) is 2.55. The van der Waals surface area contributed by atoms with E-state index >= 15 is 0 Å². The van der Waals surface area contributed by atoms with Crippen LogP contribution in [0, 0.1) is 17.1 Å². The number of hydrogen-bond donors (Lipinski definition) is 1. The van der Waals surface area contributed by atoms with Crippen LogP contribution in [0.2, 0.25) is 0 Å². The summed E-state index contributed by atoms with van der Waals surface area (Å²) in [4.78, 5) is 3.44. The molecular weight excluding hydrogens is 133 g/mol. The first-order chi connectivity index (χ1) is 4.74. The highest BCUT2D eigenvalue weighted by molar-refractivity contribution is 5.48. The lowest BCUT2D eigenvalue weighted by Crippen LogP contribution is -1.94. The summed E-state index contributed by atoms with van der Waals surface area (Å²) < 4.78 is 12.2. The van der Waals surface area contributed by atoms with Gasteiger partial charge in [-0.2, -0.15) is 5.26 Å². The van der Waals surface area contributed by atoms with Gasteiger partial charge in [0.15, 0.2) is 5.69 Å². The standard InChI is InChI=1S/C6H4FN3/c7-4-1-5(9)6(2-8)10-3-4/h1,3H,9H2. The smallest absolute Gasteiger partial charge is 0.163 e. The Labute approximate surface area is 56.9 Å². The fraction of sp³-hybridized carbons (Fsp3) is 0. The molecule has 0 amide bonds. The monoisotopic (exact) mass is 137 g/mol. The van der Waals surface area contributed by atoms with E-state index < -0.39 is 5.82 Å². The van der Waals surface area contributed by atoms with Gasteiger partial charge in [-0.25, -0.2) is 9.37 Å². The molecule has 0 aliphatic heterocycles. The topological polar surface area (TPSA) is 62.7 Å². The van der Waals surface area contributed by atoms with E-state index in [9.17, 15) is 4.39 Å². The Bertz CT molecular complexity index is 290. The summed E-state index contributed by atoms with van der Waals surface area (Å²) in [5, 5.41) is 8.29. The maximum absolute atomic E-state index is 12.2. The third-order valence-corrected chi connectivity index (χ3v) is 0.990. The number of hydrogen-bond acceptors (Lipinski definition) is 3. The van der Waals surface area contributed by atoms with E-state index in [-0.39, 0.29) is 11.4 Å². The second kappa shape index (κ2) is 2.31. The molecule has 4 heteroatoms. The quantitative estimate of drug-likeness (QED) is 0.571. The summed E-state index contributed by atoms with van der Waals surface area (Å²) in [7, 11) is 0. The van der Waals surface area contributed by atoms with Gasteiger partial charge in [-0.05, 0) is 0 Å². The van der Waals surface area contributed by atoms with Gasteiger partial charge in [-0.3, -0.25) is 0 Å². The molecule has 10 heavy (non-hydrogen) atoms.